The number of hydrogen-bond acceptors (Lipinski definition) is 3. The molecular formula is C16H25N3O. The second kappa shape index (κ2) is 5.83. The molecule has 1 saturated heterocycles. The van der Waals surface area contributed by atoms with E-state index < -0.39 is 0 Å². The lowest BCUT2D eigenvalue weighted by Crippen LogP contribution is -2.44. The topological polar surface area (TPSA) is 58.4 Å². The number of rotatable bonds is 3. The smallest absolute Gasteiger partial charge is 0.241 e. The van der Waals surface area contributed by atoms with Crippen molar-refractivity contribution >= 4 is 17.3 Å². The van der Waals surface area contributed by atoms with Crippen molar-refractivity contribution in [2.24, 2.45) is 5.92 Å². The summed E-state index contributed by atoms with van der Waals surface area (Å²) in [5.74, 6) is 0.703. The molecule has 0 spiro atoms. The molecule has 1 fully saturated rings. The molecule has 4 heteroatoms. The monoisotopic (exact) mass is 275 g/mol. The third-order valence-electron chi connectivity index (χ3n) is 4.34. The first-order valence-electron chi connectivity index (χ1n) is 7.31. The van der Waals surface area contributed by atoms with Crippen LogP contribution in [0.2, 0.25) is 0 Å². The first-order valence-corrected chi connectivity index (χ1v) is 7.31. The van der Waals surface area contributed by atoms with Crippen LogP contribution in [0.25, 0.3) is 0 Å². The summed E-state index contributed by atoms with van der Waals surface area (Å²) in [4.78, 5) is 14.7. The minimum absolute atomic E-state index is 0.0413. The molecule has 2 rings (SSSR count). The molecule has 0 aliphatic carbocycles. The molecule has 20 heavy (non-hydrogen) atoms. The average molecular weight is 275 g/mol. The Morgan fingerprint density at radius 1 is 1.45 bits per heavy atom. The number of nitrogens with two attached hydrogens (primary N) is 1. The maximum atomic E-state index is 12.4. The summed E-state index contributed by atoms with van der Waals surface area (Å²) in [6, 6.07) is 5.96. The second-order valence-electron chi connectivity index (χ2n) is 6.07. The number of carbonyl (C=O) groups is 1. The molecule has 3 N–H and O–H groups in total. The fourth-order valence-electron chi connectivity index (χ4n) is 3.05. The molecule has 1 amide bonds. The van der Waals surface area contributed by atoms with Crippen molar-refractivity contribution in [3.05, 3.63) is 23.8 Å². The highest BCUT2D eigenvalue weighted by Crippen LogP contribution is 2.26. The summed E-state index contributed by atoms with van der Waals surface area (Å²) in [5.41, 5.74) is 8.31. The van der Waals surface area contributed by atoms with Gasteiger partial charge in [-0.2, -0.15) is 0 Å². The molecule has 1 aromatic rings. The summed E-state index contributed by atoms with van der Waals surface area (Å²) < 4.78 is 0. The van der Waals surface area contributed by atoms with E-state index in [1.165, 1.54) is 0 Å². The second-order valence-corrected chi connectivity index (χ2v) is 6.07. The number of amides is 1. The third kappa shape index (κ3) is 2.96. The molecule has 1 aromatic carbocycles. The van der Waals surface area contributed by atoms with Crippen molar-refractivity contribution in [3.63, 3.8) is 0 Å². The van der Waals surface area contributed by atoms with E-state index in [0.29, 0.717) is 17.6 Å². The number of benzene rings is 1. The molecule has 0 saturated carbocycles. The zero-order valence-electron chi connectivity index (χ0n) is 12.8. The van der Waals surface area contributed by atoms with Gasteiger partial charge in [0.2, 0.25) is 5.91 Å². The molecule has 110 valence electrons. The fraction of sp³-hybridized carbons (Fsp3) is 0.562. The fourth-order valence-corrected chi connectivity index (χ4v) is 3.05. The standard InChI is InChI=1S/C16H25N3O/c1-10-8-11(2)19(9-10)13(4)16(20)18-15-7-5-6-14(17)12(15)3/h5-7,10-11,13H,8-9,17H2,1-4H3,(H,18,20). The molecule has 0 radical (unpaired) electrons. The van der Waals surface area contributed by atoms with Gasteiger partial charge in [-0.1, -0.05) is 13.0 Å². The number of likely N-dealkylation sites (tertiary alicyclic amines) is 1. The SMILES string of the molecule is Cc1c(N)cccc1NC(=O)C(C)N1CC(C)CC1C. The highest BCUT2D eigenvalue weighted by Gasteiger charge is 2.32. The Kier molecular flexibility index (Phi) is 4.33. The predicted octanol–water partition coefficient (Wildman–Crippen LogP) is 2.63. The van der Waals surface area contributed by atoms with Gasteiger partial charge in [0.1, 0.15) is 0 Å². The van der Waals surface area contributed by atoms with Gasteiger partial charge in [0, 0.05) is 24.0 Å². The number of hydrogen-bond donors (Lipinski definition) is 2. The van der Waals surface area contributed by atoms with E-state index in [1.807, 2.05) is 32.0 Å². The van der Waals surface area contributed by atoms with Crippen molar-refractivity contribution in [1.29, 1.82) is 0 Å². The maximum absolute atomic E-state index is 12.4. The van der Waals surface area contributed by atoms with Crippen molar-refractivity contribution in [2.75, 3.05) is 17.6 Å². The van der Waals surface area contributed by atoms with Crippen molar-refractivity contribution in [1.82, 2.24) is 4.90 Å². The van der Waals surface area contributed by atoms with Crippen LogP contribution in [-0.2, 0) is 4.79 Å². The van der Waals surface area contributed by atoms with Gasteiger partial charge in [-0.15, -0.1) is 0 Å². The zero-order chi connectivity index (χ0) is 14.9. The number of nitrogens with zero attached hydrogens (tertiary/aromatic N) is 1. The largest absolute Gasteiger partial charge is 0.398 e. The zero-order valence-corrected chi connectivity index (χ0v) is 12.8. The molecule has 0 bridgehead atoms. The lowest BCUT2D eigenvalue weighted by atomic mass is 10.1. The van der Waals surface area contributed by atoms with Gasteiger partial charge in [-0.05, 0) is 50.8 Å². The molecule has 1 aliphatic heterocycles. The summed E-state index contributed by atoms with van der Waals surface area (Å²) in [5, 5.41) is 3.00. The Morgan fingerprint density at radius 3 is 2.75 bits per heavy atom. The number of nitrogens with one attached hydrogen (secondary N) is 1. The van der Waals surface area contributed by atoms with E-state index in [0.717, 1.165) is 24.2 Å². The van der Waals surface area contributed by atoms with Gasteiger partial charge >= 0.3 is 0 Å². The van der Waals surface area contributed by atoms with E-state index in [4.69, 9.17) is 5.73 Å². The van der Waals surface area contributed by atoms with Gasteiger partial charge < -0.3 is 11.1 Å². The van der Waals surface area contributed by atoms with Crippen LogP contribution in [0.3, 0.4) is 0 Å². The molecule has 3 unspecified atom stereocenters. The Hall–Kier alpha value is -1.55. The normalized spacial score (nSPS) is 24.6. The summed E-state index contributed by atoms with van der Waals surface area (Å²) >= 11 is 0. The van der Waals surface area contributed by atoms with Crippen LogP contribution < -0.4 is 11.1 Å². The van der Waals surface area contributed by atoms with Gasteiger partial charge in [0.15, 0.2) is 0 Å². The van der Waals surface area contributed by atoms with Crippen LogP contribution in [0.1, 0.15) is 32.8 Å². The first-order chi connectivity index (χ1) is 9.40. The van der Waals surface area contributed by atoms with Crippen LogP contribution in [0, 0.1) is 12.8 Å². The van der Waals surface area contributed by atoms with Crippen LogP contribution in [0.4, 0.5) is 11.4 Å². The Morgan fingerprint density at radius 2 is 2.15 bits per heavy atom. The Labute approximate surface area is 121 Å². The Balaban J connectivity index is 2.06. The summed E-state index contributed by atoms with van der Waals surface area (Å²) in [6.07, 6.45) is 1.16. The quantitative estimate of drug-likeness (QED) is 0.834. The van der Waals surface area contributed by atoms with E-state index in [9.17, 15) is 4.79 Å². The van der Waals surface area contributed by atoms with Gasteiger partial charge in [0.25, 0.3) is 0 Å². The molecular weight excluding hydrogens is 250 g/mol. The minimum Gasteiger partial charge on any atom is -0.398 e. The van der Waals surface area contributed by atoms with Crippen molar-refractivity contribution in [2.45, 2.75) is 46.2 Å². The van der Waals surface area contributed by atoms with E-state index >= 15 is 0 Å². The van der Waals surface area contributed by atoms with Crippen LogP contribution >= 0.6 is 0 Å². The van der Waals surface area contributed by atoms with Crippen LogP contribution in [0.15, 0.2) is 18.2 Å². The van der Waals surface area contributed by atoms with Gasteiger partial charge in [0.05, 0.1) is 6.04 Å². The van der Waals surface area contributed by atoms with E-state index in [-0.39, 0.29) is 11.9 Å². The van der Waals surface area contributed by atoms with Gasteiger partial charge in [-0.3, -0.25) is 9.69 Å². The summed E-state index contributed by atoms with van der Waals surface area (Å²) in [7, 11) is 0. The lowest BCUT2D eigenvalue weighted by Gasteiger charge is -2.27. The van der Waals surface area contributed by atoms with Crippen molar-refractivity contribution < 1.29 is 4.79 Å². The number of nitrogen functional groups attached to an aromatic ring is 1. The van der Waals surface area contributed by atoms with E-state index in [1.54, 1.807) is 0 Å². The molecule has 4 nitrogen and oxygen atoms in total. The minimum atomic E-state index is -0.115. The highest BCUT2D eigenvalue weighted by molar-refractivity contribution is 5.95. The number of carbonyl (C=O) groups excluding carboxylic acids is 1. The molecule has 1 heterocycles. The predicted molar refractivity (Wildman–Crippen MR) is 83.6 cm³/mol. The Bertz CT molecular complexity index is 500. The van der Waals surface area contributed by atoms with Gasteiger partial charge in [-0.25, -0.2) is 0 Å². The lowest BCUT2D eigenvalue weighted by molar-refractivity contribution is -0.121. The first kappa shape index (κ1) is 14.9. The van der Waals surface area contributed by atoms with Crippen molar-refractivity contribution in [3.8, 4) is 0 Å². The molecule has 0 aromatic heterocycles. The molecule has 3 atom stereocenters. The van der Waals surface area contributed by atoms with Crippen LogP contribution in [-0.4, -0.2) is 29.4 Å². The average Bonchev–Trinajstić information content (AvgIpc) is 2.73. The maximum Gasteiger partial charge on any atom is 0.241 e. The number of anilines is 2. The van der Waals surface area contributed by atoms with Crippen LogP contribution in [0.5, 0.6) is 0 Å². The highest BCUT2D eigenvalue weighted by atomic mass is 16.2. The van der Waals surface area contributed by atoms with E-state index in [2.05, 4.69) is 24.1 Å². The summed E-state index contributed by atoms with van der Waals surface area (Å²) in [6.45, 7) is 9.33. The third-order valence-corrected chi connectivity index (χ3v) is 4.34. The molecule has 1 aliphatic rings.